The van der Waals surface area contributed by atoms with E-state index in [0.29, 0.717) is 11.5 Å². The van der Waals surface area contributed by atoms with Crippen LogP contribution in [-0.4, -0.2) is 12.7 Å². The summed E-state index contributed by atoms with van der Waals surface area (Å²) in [6, 6.07) is 0. The van der Waals surface area contributed by atoms with Gasteiger partial charge in [0.25, 0.3) is 0 Å². The third-order valence-electron chi connectivity index (χ3n) is 4.45. The first-order valence-corrected chi connectivity index (χ1v) is 6.58. The summed E-state index contributed by atoms with van der Waals surface area (Å²) in [7, 11) is 0. The molecule has 4 atom stereocenters. The van der Waals surface area contributed by atoms with Crippen LogP contribution in [0.5, 0.6) is 0 Å². The summed E-state index contributed by atoms with van der Waals surface area (Å²) in [5.74, 6) is 3.18. The van der Waals surface area contributed by atoms with E-state index in [2.05, 4.69) is 34.6 Å². The van der Waals surface area contributed by atoms with Crippen LogP contribution in [0.4, 0.5) is 0 Å². The SMILES string of the molecule is CC(C)CC12COC(C(C)C1)C2C(C)C. The predicted molar refractivity (Wildman–Crippen MR) is 63.7 cm³/mol. The van der Waals surface area contributed by atoms with Crippen LogP contribution in [0.1, 0.15) is 47.5 Å². The van der Waals surface area contributed by atoms with Gasteiger partial charge in [0.1, 0.15) is 0 Å². The fourth-order valence-electron chi connectivity index (χ4n) is 4.46. The highest BCUT2D eigenvalue weighted by atomic mass is 16.5. The Morgan fingerprint density at radius 3 is 2.40 bits per heavy atom. The van der Waals surface area contributed by atoms with Gasteiger partial charge in [-0.05, 0) is 41.9 Å². The molecule has 0 aromatic carbocycles. The van der Waals surface area contributed by atoms with E-state index in [0.717, 1.165) is 30.3 Å². The molecular formula is C14H26O. The van der Waals surface area contributed by atoms with Gasteiger partial charge in [-0.15, -0.1) is 0 Å². The first-order valence-electron chi connectivity index (χ1n) is 6.58. The Kier molecular flexibility index (Phi) is 2.87. The number of fused-ring (bicyclic) bond motifs is 2. The van der Waals surface area contributed by atoms with Crippen molar-refractivity contribution in [3.05, 3.63) is 0 Å². The second-order valence-electron chi connectivity index (χ2n) is 6.69. The summed E-state index contributed by atoms with van der Waals surface area (Å²) in [6.07, 6.45) is 3.32. The average Bonchev–Trinajstić information content (AvgIpc) is 2.53. The fourth-order valence-corrected chi connectivity index (χ4v) is 4.46. The first-order chi connectivity index (χ1) is 6.96. The van der Waals surface area contributed by atoms with Crippen LogP contribution in [0.15, 0.2) is 0 Å². The molecule has 0 aromatic rings. The van der Waals surface area contributed by atoms with Crippen molar-refractivity contribution in [2.24, 2.45) is 29.1 Å². The second kappa shape index (κ2) is 3.76. The van der Waals surface area contributed by atoms with E-state index in [4.69, 9.17) is 4.74 Å². The zero-order valence-electron chi connectivity index (χ0n) is 10.9. The Morgan fingerprint density at radius 1 is 1.27 bits per heavy atom. The third kappa shape index (κ3) is 1.73. The molecule has 1 aliphatic carbocycles. The van der Waals surface area contributed by atoms with Crippen LogP contribution in [0.2, 0.25) is 0 Å². The molecule has 2 rings (SSSR count). The fraction of sp³-hybridized carbons (Fsp3) is 1.00. The van der Waals surface area contributed by atoms with Gasteiger partial charge in [0.2, 0.25) is 0 Å². The van der Waals surface area contributed by atoms with Crippen LogP contribution in [0, 0.1) is 29.1 Å². The molecule has 0 amide bonds. The van der Waals surface area contributed by atoms with Crippen molar-refractivity contribution < 1.29 is 4.74 Å². The van der Waals surface area contributed by atoms with E-state index in [-0.39, 0.29) is 0 Å². The van der Waals surface area contributed by atoms with Crippen LogP contribution in [-0.2, 0) is 4.74 Å². The molecule has 1 heterocycles. The highest BCUT2D eigenvalue weighted by Crippen LogP contribution is 2.59. The molecule has 1 saturated heterocycles. The summed E-state index contributed by atoms with van der Waals surface area (Å²) >= 11 is 0. The normalized spacial score (nSPS) is 44.6. The number of hydrogen-bond acceptors (Lipinski definition) is 1. The Balaban J connectivity index is 2.21. The molecule has 0 radical (unpaired) electrons. The maximum absolute atomic E-state index is 6.04. The molecule has 0 aromatic heterocycles. The number of hydrogen-bond donors (Lipinski definition) is 0. The Bertz CT molecular complexity index is 233. The van der Waals surface area contributed by atoms with Crippen molar-refractivity contribution in [2.45, 2.75) is 53.6 Å². The molecule has 15 heavy (non-hydrogen) atoms. The lowest BCUT2D eigenvalue weighted by Gasteiger charge is -2.34. The van der Waals surface area contributed by atoms with Crippen molar-refractivity contribution >= 4 is 0 Å². The minimum atomic E-state index is 0.520. The molecule has 0 N–H and O–H groups in total. The van der Waals surface area contributed by atoms with E-state index in [1.165, 1.54) is 12.8 Å². The van der Waals surface area contributed by atoms with Gasteiger partial charge in [-0.2, -0.15) is 0 Å². The van der Waals surface area contributed by atoms with Gasteiger partial charge in [-0.25, -0.2) is 0 Å². The summed E-state index contributed by atoms with van der Waals surface area (Å²) in [5.41, 5.74) is 0.520. The Labute approximate surface area is 94.6 Å². The molecule has 88 valence electrons. The lowest BCUT2D eigenvalue weighted by Crippen LogP contribution is -2.31. The van der Waals surface area contributed by atoms with Gasteiger partial charge in [0, 0.05) is 0 Å². The molecule has 2 fully saturated rings. The van der Waals surface area contributed by atoms with Crippen LogP contribution >= 0.6 is 0 Å². The highest BCUT2D eigenvalue weighted by molar-refractivity contribution is 5.06. The lowest BCUT2D eigenvalue weighted by atomic mass is 9.69. The van der Waals surface area contributed by atoms with Crippen molar-refractivity contribution in [1.29, 1.82) is 0 Å². The van der Waals surface area contributed by atoms with E-state index in [1.807, 2.05) is 0 Å². The molecule has 1 nitrogen and oxygen atoms in total. The van der Waals surface area contributed by atoms with Crippen molar-refractivity contribution in [1.82, 2.24) is 0 Å². The Hall–Kier alpha value is -0.0400. The highest BCUT2D eigenvalue weighted by Gasteiger charge is 2.58. The maximum Gasteiger partial charge on any atom is 0.0637 e. The Morgan fingerprint density at radius 2 is 1.93 bits per heavy atom. The monoisotopic (exact) mass is 210 g/mol. The van der Waals surface area contributed by atoms with Gasteiger partial charge in [-0.3, -0.25) is 0 Å². The van der Waals surface area contributed by atoms with Gasteiger partial charge in [0.05, 0.1) is 12.7 Å². The molecule has 4 unspecified atom stereocenters. The molecule has 2 aliphatic rings. The summed E-state index contributed by atoms with van der Waals surface area (Å²) in [5, 5.41) is 0. The van der Waals surface area contributed by atoms with Crippen LogP contribution in [0.25, 0.3) is 0 Å². The maximum atomic E-state index is 6.04. The molecule has 1 heteroatoms. The van der Waals surface area contributed by atoms with E-state index in [1.54, 1.807) is 0 Å². The smallest absolute Gasteiger partial charge is 0.0637 e. The van der Waals surface area contributed by atoms with Gasteiger partial charge >= 0.3 is 0 Å². The summed E-state index contributed by atoms with van der Waals surface area (Å²) in [4.78, 5) is 0. The minimum Gasteiger partial charge on any atom is -0.377 e. The van der Waals surface area contributed by atoms with Crippen molar-refractivity contribution in [3.8, 4) is 0 Å². The first kappa shape index (κ1) is 11.4. The average molecular weight is 210 g/mol. The largest absolute Gasteiger partial charge is 0.377 e. The molecule has 2 bridgehead atoms. The van der Waals surface area contributed by atoms with Crippen LogP contribution < -0.4 is 0 Å². The van der Waals surface area contributed by atoms with Crippen molar-refractivity contribution in [2.75, 3.05) is 6.61 Å². The third-order valence-corrected chi connectivity index (χ3v) is 4.45. The predicted octanol–water partition coefficient (Wildman–Crippen LogP) is 3.73. The van der Waals surface area contributed by atoms with Crippen molar-refractivity contribution in [3.63, 3.8) is 0 Å². The van der Waals surface area contributed by atoms with Gasteiger partial charge in [-0.1, -0.05) is 34.6 Å². The molecule has 0 spiro atoms. The van der Waals surface area contributed by atoms with E-state index < -0.39 is 0 Å². The van der Waals surface area contributed by atoms with Gasteiger partial charge < -0.3 is 4.74 Å². The zero-order chi connectivity index (χ0) is 11.2. The minimum absolute atomic E-state index is 0.520. The lowest BCUT2D eigenvalue weighted by molar-refractivity contribution is 0.00974. The number of rotatable bonds is 3. The van der Waals surface area contributed by atoms with Gasteiger partial charge in [0.15, 0.2) is 0 Å². The van der Waals surface area contributed by atoms with E-state index in [9.17, 15) is 0 Å². The zero-order valence-corrected chi connectivity index (χ0v) is 10.9. The van der Waals surface area contributed by atoms with E-state index >= 15 is 0 Å². The second-order valence-corrected chi connectivity index (χ2v) is 6.69. The molecular weight excluding hydrogens is 184 g/mol. The quantitative estimate of drug-likeness (QED) is 0.689. The topological polar surface area (TPSA) is 9.23 Å². The molecule has 1 saturated carbocycles. The summed E-state index contributed by atoms with van der Waals surface area (Å²) in [6.45, 7) is 12.9. The van der Waals surface area contributed by atoms with Crippen LogP contribution in [0.3, 0.4) is 0 Å². The standard InChI is InChI=1S/C14H26O/c1-9(2)6-14-7-11(5)13(15-8-14)12(14)10(3)4/h9-13H,6-8H2,1-5H3. The summed E-state index contributed by atoms with van der Waals surface area (Å²) < 4.78 is 6.04. The molecule has 1 aliphatic heterocycles. The number of ether oxygens (including phenoxy) is 1.